The lowest BCUT2D eigenvalue weighted by molar-refractivity contribution is 0.0628. The van der Waals surface area contributed by atoms with Gasteiger partial charge in [0.15, 0.2) is 0 Å². The van der Waals surface area contributed by atoms with Crippen LogP contribution in [-0.4, -0.2) is 33.7 Å². The molecule has 1 aromatic rings. The molecule has 1 heterocycles. The highest BCUT2D eigenvalue weighted by molar-refractivity contribution is 5.95. The van der Waals surface area contributed by atoms with Crippen LogP contribution >= 0.6 is 0 Å². The van der Waals surface area contributed by atoms with E-state index in [1.807, 2.05) is 25.9 Å². The van der Waals surface area contributed by atoms with Crippen LogP contribution in [0.5, 0.6) is 0 Å². The van der Waals surface area contributed by atoms with E-state index in [1.165, 1.54) is 19.3 Å². The van der Waals surface area contributed by atoms with Crippen LogP contribution in [0.3, 0.4) is 0 Å². The molecule has 0 bridgehead atoms. The van der Waals surface area contributed by atoms with Crippen molar-refractivity contribution >= 4 is 5.91 Å². The van der Waals surface area contributed by atoms with Gasteiger partial charge in [-0.3, -0.25) is 9.48 Å². The Morgan fingerprint density at radius 2 is 2.11 bits per heavy atom. The second kappa shape index (κ2) is 5.12. The Balaban J connectivity index is 2.15. The van der Waals surface area contributed by atoms with Crippen molar-refractivity contribution in [2.24, 2.45) is 13.0 Å². The van der Waals surface area contributed by atoms with Gasteiger partial charge in [-0.05, 0) is 25.7 Å². The molecule has 1 aromatic heterocycles. The molecule has 1 amide bonds. The number of hydrogen-bond donors (Lipinski definition) is 0. The number of amides is 1. The molecule has 18 heavy (non-hydrogen) atoms. The predicted molar refractivity (Wildman–Crippen MR) is 71.5 cm³/mol. The topological polar surface area (TPSA) is 38.1 Å². The molecule has 4 nitrogen and oxygen atoms in total. The Morgan fingerprint density at radius 1 is 1.44 bits per heavy atom. The van der Waals surface area contributed by atoms with Gasteiger partial charge < -0.3 is 4.90 Å². The molecule has 4 heteroatoms. The molecule has 2 rings (SSSR count). The standard InChI is InChI=1S/C14H23N3O/c1-10-7-5-6-8-13(10)16(3)14(18)12-9-15-17(4)11(12)2/h9-10,13H,5-8H2,1-4H3/t10-,13-/m0/s1. The maximum atomic E-state index is 12.5. The Kier molecular flexibility index (Phi) is 3.73. The van der Waals surface area contributed by atoms with E-state index in [0.29, 0.717) is 12.0 Å². The first-order chi connectivity index (χ1) is 8.52. The van der Waals surface area contributed by atoms with E-state index in [4.69, 9.17) is 0 Å². The van der Waals surface area contributed by atoms with Crippen LogP contribution in [0.25, 0.3) is 0 Å². The molecular weight excluding hydrogens is 226 g/mol. The van der Waals surface area contributed by atoms with Crippen LogP contribution < -0.4 is 0 Å². The summed E-state index contributed by atoms with van der Waals surface area (Å²) in [6.07, 6.45) is 6.57. The van der Waals surface area contributed by atoms with Crippen molar-refractivity contribution in [1.29, 1.82) is 0 Å². The number of nitrogens with zero attached hydrogens (tertiary/aromatic N) is 3. The van der Waals surface area contributed by atoms with E-state index in [9.17, 15) is 4.79 Å². The molecule has 2 atom stereocenters. The average Bonchev–Trinajstić information content (AvgIpc) is 2.69. The summed E-state index contributed by atoms with van der Waals surface area (Å²) in [5.41, 5.74) is 1.67. The third-order valence-corrected chi connectivity index (χ3v) is 4.35. The maximum absolute atomic E-state index is 12.5. The van der Waals surface area contributed by atoms with Crippen molar-refractivity contribution in [1.82, 2.24) is 14.7 Å². The molecule has 0 aromatic carbocycles. The minimum absolute atomic E-state index is 0.111. The molecule has 1 saturated carbocycles. The van der Waals surface area contributed by atoms with Crippen LogP contribution in [0.1, 0.15) is 48.7 Å². The van der Waals surface area contributed by atoms with Gasteiger partial charge in [-0.1, -0.05) is 19.8 Å². The van der Waals surface area contributed by atoms with Crippen molar-refractivity contribution in [2.45, 2.75) is 45.6 Å². The fourth-order valence-electron chi connectivity index (χ4n) is 2.92. The zero-order valence-electron chi connectivity index (χ0n) is 11.8. The van der Waals surface area contributed by atoms with E-state index < -0.39 is 0 Å². The van der Waals surface area contributed by atoms with Gasteiger partial charge in [-0.25, -0.2) is 0 Å². The summed E-state index contributed by atoms with van der Waals surface area (Å²) in [5.74, 6) is 0.712. The van der Waals surface area contributed by atoms with Crippen molar-refractivity contribution in [2.75, 3.05) is 7.05 Å². The number of carbonyl (C=O) groups excluding carboxylic acids is 1. The normalized spacial score (nSPS) is 24.0. The number of hydrogen-bond acceptors (Lipinski definition) is 2. The quantitative estimate of drug-likeness (QED) is 0.807. The van der Waals surface area contributed by atoms with Gasteiger partial charge in [0.25, 0.3) is 5.91 Å². The molecule has 0 radical (unpaired) electrons. The van der Waals surface area contributed by atoms with Gasteiger partial charge in [0.1, 0.15) is 0 Å². The maximum Gasteiger partial charge on any atom is 0.257 e. The fraction of sp³-hybridized carbons (Fsp3) is 0.714. The summed E-state index contributed by atoms with van der Waals surface area (Å²) < 4.78 is 1.76. The van der Waals surface area contributed by atoms with Gasteiger partial charge in [-0.15, -0.1) is 0 Å². The third kappa shape index (κ3) is 2.28. The highest BCUT2D eigenvalue weighted by Crippen LogP contribution is 2.28. The van der Waals surface area contributed by atoms with Gasteiger partial charge in [-0.2, -0.15) is 5.10 Å². The molecule has 0 unspecified atom stereocenters. The summed E-state index contributed by atoms with van der Waals surface area (Å²) in [7, 11) is 3.80. The summed E-state index contributed by atoms with van der Waals surface area (Å²) >= 11 is 0. The molecule has 1 fully saturated rings. The van der Waals surface area contributed by atoms with Crippen LogP contribution in [0.2, 0.25) is 0 Å². The van der Waals surface area contributed by atoms with Crippen molar-refractivity contribution in [3.8, 4) is 0 Å². The summed E-state index contributed by atoms with van der Waals surface area (Å²) in [5, 5.41) is 4.15. The van der Waals surface area contributed by atoms with Crippen LogP contribution in [0.15, 0.2) is 6.20 Å². The Labute approximate surface area is 109 Å². The number of rotatable bonds is 2. The third-order valence-electron chi connectivity index (χ3n) is 4.35. The van der Waals surface area contributed by atoms with E-state index in [2.05, 4.69) is 12.0 Å². The molecule has 100 valence electrons. The molecule has 1 aliphatic carbocycles. The molecule has 0 saturated heterocycles. The number of aromatic nitrogens is 2. The first kappa shape index (κ1) is 13.1. The van der Waals surface area contributed by atoms with Gasteiger partial charge >= 0.3 is 0 Å². The Hall–Kier alpha value is -1.32. The highest BCUT2D eigenvalue weighted by Gasteiger charge is 2.29. The summed E-state index contributed by atoms with van der Waals surface area (Å²) in [4.78, 5) is 14.4. The van der Waals surface area contributed by atoms with Crippen LogP contribution in [0, 0.1) is 12.8 Å². The summed E-state index contributed by atoms with van der Waals surface area (Å²) in [6, 6.07) is 0.380. The monoisotopic (exact) mass is 249 g/mol. The second-order valence-electron chi connectivity index (χ2n) is 5.51. The fourth-order valence-corrected chi connectivity index (χ4v) is 2.92. The lowest BCUT2D eigenvalue weighted by Crippen LogP contribution is -2.42. The first-order valence-electron chi connectivity index (χ1n) is 6.78. The number of carbonyl (C=O) groups is 1. The van der Waals surface area contributed by atoms with Crippen LogP contribution in [0.4, 0.5) is 0 Å². The largest absolute Gasteiger partial charge is 0.338 e. The van der Waals surface area contributed by atoms with Crippen molar-refractivity contribution in [3.63, 3.8) is 0 Å². The summed E-state index contributed by atoms with van der Waals surface area (Å²) in [6.45, 7) is 4.20. The first-order valence-corrected chi connectivity index (χ1v) is 6.78. The van der Waals surface area contributed by atoms with E-state index in [0.717, 1.165) is 17.7 Å². The zero-order valence-corrected chi connectivity index (χ0v) is 11.8. The van der Waals surface area contributed by atoms with Crippen LogP contribution in [-0.2, 0) is 7.05 Å². The predicted octanol–water partition coefficient (Wildman–Crippen LogP) is 2.38. The smallest absolute Gasteiger partial charge is 0.257 e. The minimum Gasteiger partial charge on any atom is -0.338 e. The molecule has 0 N–H and O–H groups in total. The second-order valence-corrected chi connectivity index (χ2v) is 5.51. The Morgan fingerprint density at radius 3 is 2.67 bits per heavy atom. The Bertz CT molecular complexity index is 438. The molecular formula is C14H23N3O. The van der Waals surface area contributed by atoms with Gasteiger partial charge in [0.05, 0.1) is 11.8 Å². The minimum atomic E-state index is 0.111. The molecule has 0 aliphatic heterocycles. The number of aryl methyl sites for hydroxylation is 1. The molecule has 0 spiro atoms. The van der Waals surface area contributed by atoms with Gasteiger partial charge in [0.2, 0.25) is 0 Å². The van der Waals surface area contributed by atoms with E-state index in [-0.39, 0.29) is 5.91 Å². The lowest BCUT2D eigenvalue weighted by atomic mass is 9.85. The zero-order chi connectivity index (χ0) is 13.3. The highest BCUT2D eigenvalue weighted by atomic mass is 16.2. The SMILES string of the molecule is Cc1c(C(=O)N(C)[C@H]2CCCC[C@@H]2C)cnn1C. The van der Waals surface area contributed by atoms with E-state index >= 15 is 0 Å². The van der Waals surface area contributed by atoms with E-state index in [1.54, 1.807) is 10.9 Å². The average molecular weight is 249 g/mol. The lowest BCUT2D eigenvalue weighted by Gasteiger charge is -2.36. The van der Waals surface area contributed by atoms with Crippen molar-refractivity contribution in [3.05, 3.63) is 17.5 Å². The molecule has 1 aliphatic rings. The van der Waals surface area contributed by atoms with Crippen molar-refractivity contribution < 1.29 is 4.79 Å². The van der Waals surface area contributed by atoms with Gasteiger partial charge in [0, 0.05) is 25.8 Å².